The summed E-state index contributed by atoms with van der Waals surface area (Å²) in [5, 5.41) is 12.0. The Morgan fingerprint density at radius 3 is 2.75 bits per heavy atom. The smallest absolute Gasteiger partial charge is 0.337 e. The van der Waals surface area contributed by atoms with Crippen LogP contribution < -0.4 is 10.1 Å². The van der Waals surface area contributed by atoms with Gasteiger partial charge in [0, 0.05) is 11.9 Å². The van der Waals surface area contributed by atoms with Crippen LogP contribution in [0.3, 0.4) is 0 Å². The SMILES string of the molecule is COc1ccc(NCc2ccc(C(=O)O)cn2)cc1Br. The van der Waals surface area contributed by atoms with E-state index in [0.29, 0.717) is 6.54 Å². The Morgan fingerprint density at radius 1 is 1.40 bits per heavy atom. The Bertz CT molecular complexity index is 614. The van der Waals surface area contributed by atoms with Crippen LogP contribution >= 0.6 is 15.9 Å². The molecule has 1 aromatic heterocycles. The summed E-state index contributed by atoms with van der Waals surface area (Å²) < 4.78 is 6.02. The molecule has 0 saturated heterocycles. The fourth-order valence-electron chi connectivity index (χ4n) is 1.62. The van der Waals surface area contributed by atoms with Gasteiger partial charge in [-0.1, -0.05) is 0 Å². The molecule has 1 aromatic carbocycles. The maximum Gasteiger partial charge on any atom is 0.337 e. The van der Waals surface area contributed by atoms with Crippen LogP contribution in [0.5, 0.6) is 5.75 Å². The number of pyridine rings is 1. The van der Waals surface area contributed by atoms with E-state index in [0.717, 1.165) is 21.6 Å². The molecule has 0 atom stereocenters. The van der Waals surface area contributed by atoms with Crippen LogP contribution in [0.1, 0.15) is 16.1 Å². The van der Waals surface area contributed by atoms with Crippen molar-refractivity contribution < 1.29 is 14.6 Å². The third kappa shape index (κ3) is 3.48. The molecule has 0 bridgehead atoms. The van der Waals surface area contributed by atoms with E-state index in [1.165, 1.54) is 12.3 Å². The molecule has 104 valence electrons. The van der Waals surface area contributed by atoms with Gasteiger partial charge < -0.3 is 15.2 Å². The van der Waals surface area contributed by atoms with Crippen molar-refractivity contribution in [2.75, 3.05) is 12.4 Å². The van der Waals surface area contributed by atoms with Crippen LogP contribution in [0.4, 0.5) is 5.69 Å². The summed E-state index contributed by atoms with van der Waals surface area (Å²) >= 11 is 3.41. The monoisotopic (exact) mass is 336 g/mol. The minimum Gasteiger partial charge on any atom is -0.496 e. The van der Waals surface area contributed by atoms with Gasteiger partial charge in [-0.15, -0.1) is 0 Å². The maximum atomic E-state index is 10.7. The summed E-state index contributed by atoms with van der Waals surface area (Å²) in [4.78, 5) is 14.8. The lowest BCUT2D eigenvalue weighted by molar-refractivity contribution is 0.0696. The highest BCUT2D eigenvalue weighted by Crippen LogP contribution is 2.27. The minimum absolute atomic E-state index is 0.181. The van der Waals surface area contributed by atoms with Gasteiger partial charge in [0.2, 0.25) is 0 Å². The average Bonchev–Trinajstić information content (AvgIpc) is 2.45. The zero-order valence-corrected chi connectivity index (χ0v) is 12.3. The lowest BCUT2D eigenvalue weighted by atomic mass is 10.2. The Morgan fingerprint density at radius 2 is 2.20 bits per heavy atom. The Labute approximate surface area is 124 Å². The first-order valence-electron chi connectivity index (χ1n) is 5.86. The number of carboxylic acids is 1. The van der Waals surface area contributed by atoms with Gasteiger partial charge in [0.1, 0.15) is 5.75 Å². The van der Waals surface area contributed by atoms with Crippen molar-refractivity contribution in [3.63, 3.8) is 0 Å². The predicted molar refractivity (Wildman–Crippen MR) is 79.2 cm³/mol. The van der Waals surface area contributed by atoms with Crippen molar-refractivity contribution in [2.24, 2.45) is 0 Å². The highest BCUT2D eigenvalue weighted by atomic mass is 79.9. The number of nitrogens with zero attached hydrogens (tertiary/aromatic N) is 1. The highest BCUT2D eigenvalue weighted by Gasteiger charge is 2.04. The number of aromatic nitrogens is 1. The number of hydrogen-bond donors (Lipinski definition) is 2. The van der Waals surface area contributed by atoms with Crippen molar-refractivity contribution in [1.29, 1.82) is 0 Å². The second-order valence-electron chi connectivity index (χ2n) is 4.05. The number of carbonyl (C=O) groups is 1. The zero-order valence-electron chi connectivity index (χ0n) is 10.8. The minimum atomic E-state index is -0.976. The first kappa shape index (κ1) is 14.3. The van der Waals surface area contributed by atoms with Crippen LogP contribution in [0.25, 0.3) is 0 Å². The zero-order chi connectivity index (χ0) is 14.5. The normalized spacial score (nSPS) is 10.1. The summed E-state index contributed by atoms with van der Waals surface area (Å²) in [5.41, 5.74) is 1.87. The quantitative estimate of drug-likeness (QED) is 0.877. The third-order valence-corrected chi connectivity index (χ3v) is 3.32. The summed E-state index contributed by atoms with van der Waals surface area (Å²) in [6.07, 6.45) is 1.35. The molecule has 0 aliphatic heterocycles. The largest absolute Gasteiger partial charge is 0.496 e. The van der Waals surface area contributed by atoms with Crippen molar-refractivity contribution in [1.82, 2.24) is 4.98 Å². The predicted octanol–water partition coefficient (Wildman–Crippen LogP) is 3.16. The molecule has 0 amide bonds. The summed E-state index contributed by atoms with van der Waals surface area (Å²) in [6, 6.07) is 8.89. The second-order valence-corrected chi connectivity index (χ2v) is 4.90. The summed E-state index contributed by atoms with van der Waals surface area (Å²) in [6.45, 7) is 0.513. The van der Waals surface area contributed by atoms with E-state index in [1.54, 1.807) is 13.2 Å². The standard InChI is InChI=1S/C14H13BrN2O3/c1-20-13-5-4-10(6-12(13)15)17-8-11-3-2-9(7-16-11)14(18)19/h2-7,17H,8H2,1H3,(H,18,19). The number of ether oxygens (including phenoxy) is 1. The average molecular weight is 337 g/mol. The molecule has 2 N–H and O–H groups in total. The topological polar surface area (TPSA) is 71.5 Å². The lowest BCUT2D eigenvalue weighted by Gasteiger charge is -2.09. The molecular weight excluding hydrogens is 324 g/mol. The van der Waals surface area contributed by atoms with Crippen LogP contribution in [-0.2, 0) is 6.54 Å². The highest BCUT2D eigenvalue weighted by molar-refractivity contribution is 9.10. The lowest BCUT2D eigenvalue weighted by Crippen LogP contribution is -2.03. The van der Waals surface area contributed by atoms with E-state index in [4.69, 9.17) is 9.84 Å². The van der Waals surface area contributed by atoms with E-state index < -0.39 is 5.97 Å². The molecule has 2 aromatic rings. The number of rotatable bonds is 5. The number of benzene rings is 1. The van der Waals surface area contributed by atoms with Gasteiger partial charge in [-0.25, -0.2) is 4.79 Å². The Hall–Kier alpha value is -2.08. The number of nitrogens with one attached hydrogen (secondary N) is 1. The summed E-state index contributed by atoms with van der Waals surface area (Å²) in [5.74, 6) is -0.212. The summed E-state index contributed by atoms with van der Waals surface area (Å²) in [7, 11) is 1.61. The second kappa shape index (κ2) is 6.38. The molecule has 20 heavy (non-hydrogen) atoms. The molecule has 0 radical (unpaired) electrons. The number of methoxy groups -OCH3 is 1. The van der Waals surface area contributed by atoms with Gasteiger partial charge in [-0.3, -0.25) is 4.98 Å². The van der Waals surface area contributed by atoms with Crippen molar-refractivity contribution >= 4 is 27.6 Å². The molecule has 0 fully saturated rings. The van der Waals surface area contributed by atoms with Gasteiger partial charge in [0.15, 0.2) is 0 Å². The molecule has 2 rings (SSSR count). The van der Waals surface area contributed by atoms with Crippen LogP contribution in [-0.4, -0.2) is 23.2 Å². The number of carboxylic acid groups (broad SMARTS) is 1. The van der Waals surface area contributed by atoms with Gasteiger partial charge >= 0.3 is 5.97 Å². The van der Waals surface area contributed by atoms with Crippen LogP contribution in [0.15, 0.2) is 41.0 Å². The van der Waals surface area contributed by atoms with E-state index in [2.05, 4.69) is 26.2 Å². The van der Waals surface area contributed by atoms with E-state index in [1.807, 2.05) is 18.2 Å². The van der Waals surface area contributed by atoms with Gasteiger partial charge in [-0.2, -0.15) is 0 Å². The first-order valence-corrected chi connectivity index (χ1v) is 6.65. The molecule has 0 saturated carbocycles. The van der Waals surface area contributed by atoms with Crippen LogP contribution in [0.2, 0.25) is 0 Å². The number of hydrogen-bond acceptors (Lipinski definition) is 4. The van der Waals surface area contributed by atoms with Crippen molar-refractivity contribution in [3.05, 3.63) is 52.3 Å². The molecule has 0 aliphatic rings. The third-order valence-electron chi connectivity index (χ3n) is 2.70. The van der Waals surface area contributed by atoms with E-state index >= 15 is 0 Å². The molecule has 6 heteroatoms. The van der Waals surface area contributed by atoms with E-state index in [-0.39, 0.29) is 5.56 Å². The van der Waals surface area contributed by atoms with Gasteiger partial charge in [0.25, 0.3) is 0 Å². The van der Waals surface area contributed by atoms with Crippen molar-refractivity contribution in [2.45, 2.75) is 6.54 Å². The van der Waals surface area contributed by atoms with Crippen molar-refractivity contribution in [3.8, 4) is 5.75 Å². The Balaban J connectivity index is 2.01. The molecule has 5 nitrogen and oxygen atoms in total. The van der Waals surface area contributed by atoms with E-state index in [9.17, 15) is 4.79 Å². The van der Waals surface area contributed by atoms with Crippen LogP contribution in [0, 0.1) is 0 Å². The van der Waals surface area contributed by atoms with Gasteiger partial charge in [-0.05, 0) is 46.3 Å². The molecule has 0 spiro atoms. The number of aromatic carboxylic acids is 1. The fraction of sp³-hybridized carbons (Fsp3) is 0.143. The molecule has 1 heterocycles. The Kier molecular flexibility index (Phi) is 4.57. The maximum absolute atomic E-state index is 10.7. The first-order chi connectivity index (χ1) is 9.60. The van der Waals surface area contributed by atoms with Gasteiger partial charge in [0.05, 0.1) is 29.4 Å². The number of anilines is 1. The fourth-order valence-corrected chi connectivity index (χ4v) is 2.17. The molecular formula is C14H13BrN2O3. The molecule has 0 unspecified atom stereocenters. The molecule has 0 aliphatic carbocycles. The number of halogens is 1.